The van der Waals surface area contributed by atoms with Gasteiger partial charge in [-0.05, 0) is 66.4 Å². The third-order valence-corrected chi connectivity index (χ3v) is 5.14. The minimum atomic E-state index is -4.58. The summed E-state index contributed by atoms with van der Waals surface area (Å²) in [5.41, 5.74) is 1.20. The van der Waals surface area contributed by atoms with Gasteiger partial charge in [-0.15, -0.1) is 0 Å². The van der Waals surface area contributed by atoms with E-state index in [2.05, 4.69) is 13.2 Å². The molecule has 0 N–H and O–H groups in total. The molecule has 3 rings (SSSR count). The van der Waals surface area contributed by atoms with Gasteiger partial charge in [-0.3, -0.25) is 0 Å². The van der Waals surface area contributed by atoms with Crippen LogP contribution in [0, 0.1) is 0 Å². The minimum absolute atomic E-state index is 0.0207. The van der Waals surface area contributed by atoms with Crippen LogP contribution in [0.1, 0.15) is 41.7 Å². The standard InChI is InChI=1S/C31H25F3O4/c1-20(2)29(35)37-26-9-5-7-22(17-26)11-12-24-14-16-25(28(19-24)31(32,33)34)15-13-23-8-6-10-27(18-23)38-30(36)21(3)4/h5-19H,1,3H2,2,4H3. The Balaban J connectivity index is 1.83. The predicted molar refractivity (Wildman–Crippen MR) is 143 cm³/mol. The van der Waals surface area contributed by atoms with Gasteiger partial charge in [0.15, 0.2) is 0 Å². The number of benzene rings is 3. The zero-order valence-corrected chi connectivity index (χ0v) is 20.8. The molecule has 0 radical (unpaired) electrons. The summed E-state index contributed by atoms with van der Waals surface area (Å²) >= 11 is 0. The molecule has 0 amide bonds. The number of esters is 2. The van der Waals surface area contributed by atoms with Crippen LogP contribution in [0.15, 0.2) is 91.0 Å². The van der Waals surface area contributed by atoms with Crippen LogP contribution in [0.2, 0.25) is 0 Å². The van der Waals surface area contributed by atoms with Crippen molar-refractivity contribution >= 4 is 36.2 Å². The quantitative estimate of drug-likeness (QED) is 0.131. The van der Waals surface area contributed by atoms with Crippen LogP contribution in [-0.2, 0) is 15.8 Å². The van der Waals surface area contributed by atoms with Crippen molar-refractivity contribution in [1.29, 1.82) is 0 Å². The van der Waals surface area contributed by atoms with E-state index in [0.29, 0.717) is 22.4 Å². The Morgan fingerprint density at radius 2 is 1.13 bits per heavy atom. The molecule has 3 aromatic rings. The molecule has 7 heteroatoms. The van der Waals surface area contributed by atoms with Crippen molar-refractivity contribution in [3.63, 3.8) is 0 Å². The Hall–Kier alpha value is -4.65. The van der Waals surface area contributed by atoms with E-state index in [1.54, 1.807) is 66.7 Å². The fourth-order valence-electron chi connectivity index (χ4n) is 3.20. The van der Waals surface area contributed by atoms with E-state index in [4.69, 9.17) is 9.47 Å². The third kappa shape index (κ3) is 7.93. The van der Waals surface area contributed by atoms with Crippen LogP contribution in [0.25, 0.3) is 24.3 Å². The Bertz CT molecular complexity index is 1450. The molecular weight excluding hydrogens is 493 g/mol. The van der Waals surface area contributed by atoms with Crippen molar-refractivity contribution in [3.05, 3.63) is 119 Å². The van der Waals surface area contributed by atoms with E-state index < -0.39 is 23.7 Å². The molecule has 0 heterocycles. The van der Waals surface area contributed by atoms with Crippen molar-refractivity contribution in [2.45, 2.75) is 20.0 Å². The lowest BCUT2D eigenvalue weighted by Gasteiger charge is -2.11. The Morgan fingerprint density at radius 1 is 0.684 bits per heavy atom. The molecule has 0 saturated carbocycles. The largest absolute Gasteiger partial charge is 0.423 e. The molecule has 0 aliphatic carbocycles. The molecule has 0 unspecified atom stereocenters. The highest BCUT2D eigenvalue weighted by Crippen LogP contribution is 2.34. The first-order chi connectivity index (χ1) is 17.9. The molecular formula is C31H25F3O4. The Labute approximate surface area is 219 Å². The van der Waals surface area contributed by atoms with E-state index in [1.807, 2.05) is 0 Å². The summed E-state index contributed by atoms with van der Waals surface area (Å²) in [6.45, 7) is 10.1. The van der Waals surface area contributed by atoms with Gasteiger partial charge in [-0.2, -0.15) is 13.2 Å². The Kier molecular flexibility index (Phi) is 8.86. The second-order valence-corrected chi connectivity index (χ2v) is 8.50. The fraction of sp³-hybridized carbons (Fsp3) is 0.0968. The van der Waals surface area contributed by atoms with Gasteiger partial charge in [0.2, 0.25) is 0 Å². The number of alkyl halides is 3. The second-order valence-electron chi connectivity index (χ2n) is 8.50. The van der Waals surface area contributed by atoms with Crippen molar-refractivity contribution < 1.29 is 32.2 Å². The van der Waals surface area contributed by atoms with Crippen LogP contribution < -0.4 is 9.47 Å². The van der Waals surface area contributed by atoms with E-state index in [1.165, 1.54) is 32.1 Å². The molecule has 0 spiro atoms. The maximum absolute atomic E-state index is 13.9. The zero-order chi connectivity index (χ0) is 27.9. The van der Waals surface area contributed by atoms with Crippen molar-refractivity contribution in [3.8, 4) is 11.5 Å². The number of halogens is 3. The van der Waals surface area contributed by atoms with Crippen LogP contribution in [0.4, 0.5) is 13.2 Å². The van der Waals surface area contributed by atoms with Gasteiger partial charge in [-0.25, -0.2) is 9.59 Å². The highest BCUT2D eigenvalue weighted by atomic mass is 19.4. The monoisotopic (exact) mass is 518 g/mol. The van der Waals surface area contributed by atoms with Crippen molar-refractivity contribution in [2.75, 3.05) is 0 Å². The smallest absolute Gasteiger partial charge is 0.417 e. The molecule has 194 valence electrons. The topological polar surface area (TPSA) is 52.6 Å². The molecule has 0 bridgehead atoms. The average Bonchev–Trinajstić information content (AvgIpc) is 2.86. The lowest BCUT2D eigenvalue weighted by molar-refractivity contribution is -0.137. The summed E-state index contributed by atoms with van der Waals surface area (Å²) in [6.07, 6.45) is 1.45. The van der Waals surface area contributed by atoms with Crippen LogP contribution in [-0.4, -0.2) is 11.9 Å². The molecule has 0 aromatic heterocycles. The lowest BCUT2D eigenvalue weighted by atomic mass is 10.0. The van der Waals surface area contributed by atoms with Crippen molar-refractivity contribution in [2.24, 2.45) is 0 Å². The Morgan fingerprint density at radius 3 is 1.58 bits per heavy atom. The normalized spacial score (nSPS) is 11.5. The van der Waals surface area contributed by atoms with E-state index in [-0.39, 0.29) is 22.5 Å². The maximum Gasteiger partial charge on any atom is 0.417 e. The molecule has 0 atom stereocenters. The van der Waals surface area contributed by atoms with Crippen LogP contribution >= 0.6 is 0 Å². The second kappa shape index (κ2) is 12.1. The first-order valence-electron chi connectivity index (χ1n) is 11.5. The van der Waals surface area contributed by atoms with E-state index in [0.717, 1.165) is 6.07 Å². The highest BCUT2D eigenvalue weighted by Gasteiger charge is 2.32. The summed E-state index contributed by atoms with van der Waals surface area (Å²) in [4.78, 5) is 23.4. The van der Waals surface area contributed by atoms with Gasteiger partial charge >= 0.3 is 18.1 Å². The van der Waals surface area contributed by atoms with Gasteiger partial charge in [0, 0.05) is 11.1 Å². The predicted octanol–water partition coefficient (Wildman–Crippen LogP) is 8.01. The molecule has 3 aromatic carbocycles. The molecule has 0 saturated heterocycles. The van der Waals surface area contributed by atoms with Crippen LogP contribution in [0.5, 0.6) is 11.5 Å². The third-order valence-electron chi connectivity index (χ3n) is 5.14. The SMILES string of the molecule is C=C(C)C(=O)Oc1cccc(C=Cc2ccc(C=Cc3cccc(OC(=O)C(=C)C)c3)c(C(F)(F)F)c2)c1. The number of rotatable bonds is 8. The fourth-order valence-corrected chi connectivity index (χ4v) is 3.20. The van der Waals surface area contributed by atoms with Gasteiger partial charge in [-0.1, -0.05) is 73.9 Å². The molecule has 0 aliphatic heterocycles. The number of carbonyl (C=O) groups excluding carboxylic acids is 2. The van der Waals surface area contributed by atoms with E-state index in [9.17, 15) is 22.8 Å². The number of hydrogen-bond acceptors (Lipinski definition) is 4. The van der Waals surface area contributed by atoms with Gasteiger partial charge in [0.05, 0.1) is 5.56 Å². The zero-order valence-electron chi connectivity index (χ0n) is 20.8. The number of hydrogen-bond donors (Lipinski definition) is 0. The summed E-state index contributed by atoms with van der Waals surface area (Å²) in [5.74, 6) is -0.594. The maximum atomic E-state index is 13.9. The van der Waals surface area contributed by atoms with Crippen LogP contribution in [0.3, 0.4) is 0 Å². The van der Waals surface area contributed by atoms with Gasteiger partial charge in [0.1, 0.15) is 11.5 Å². The highest BCUT2D eigenvalue weighted by molar-refractivity contribution is 5.89. The summed E-state index contributed by atoms with van der Waals surface area (Å²) in [7, 11) is 0. The average molecular weight is 519 g/mol. The van der Waals surface area contributed by atoms with E-state index >= 15 is 0 Å². The summed E-state index contributed by atoms with van der Waals surface area (Å²) in [5, 5.41) is 0. The summed E-state index contributed by atoms with van der Waals surface area (Å²) in [6, 6.07) is 17.0. The van der Waals surface area contributed by atoms with Gasteiger partial charge < -0.3 is 9.47 Å². The molecule has 4 nitrogen and oxygen atoms in total. The van der Waals surface area contributed by atoms with Gasteiger partial charge in [0.25, 0.3) is 0 Å². The van der Waals surface area contributed by atoms with Crippen molar-refractivity contribution in [1.82, 2.24) is 0 Å². The molecule has 0 fully saturated rings. The minimum Gasteiger partial charge on any atom is -0.423 e. The lowest BCUT2D eigenvalue weighted by Crippen LogP contribution is -2.08. The summed E-state index contributed by atoms with van der Waals surface area (Å²) < 4.78 is 51.9. The molecule has 38 heavy (non-hydrogen) atoms. The first-order valence-corrected chi connectivity index (χ1v) is 11.5. The number of carbonyl (C=O) groups is 2. The first kappa shape index (κ1) is 27.9. The molecule has 0 aliphatic rings. The number of ether oxygens (including phenoxy) is 2.